The van der Waals surface area contributed by atoms with Crippen LogP contribution in [0.3, 0.4) is 0 Å². The Labute approximate surface area is 273 Å². The van der Waals surface area contributed by atoms with E-state index in [1.807, 2.05) is 13.8 Å². The number of morpholine rings is 1. The Bertz CT molecular complexity index is 1540. The Morgan fingerprint density at radius 2 is 1.51 bits per heavy atom. The highest BCUT2D eigenvalue weighted by Crippen LogP contribution is 2.22. The molecule has 3 aromatic carbocycles. The lowest BCUT2D eigenvalue weighted by molar-refractivity contribution is -0.142. The fourth-order valence-electron chi connectivity index (χ4n) is 4.92. The third kappa shape index (κ3) is 10.4. The lowest BCUT2D eigenvalue weighted by atomic mass is 10.0. The lowest BCUT2D eigenvalue weighted by Gasteiger charge is -2.25. The summed E-state index contributed by atoms with van der Waals surface area (Å²) in [6, 6.07) is 19.3. The van der Waals surface area contributed by atoms with Gasteiger partial charge in [-0.15, -0.1) is 0 Å². The van der Waals surface area contributed by atoms with E-state index in [9.17, 15) is 29.1 Å². The number of carboxylic acid groups (broad SMARTS) is 1. The molecule has 0 aromatic heterocycles. The second-order valence-corrected chi connectivity index (χ2v) is 11.4. The normalized spacial score (nSPS) is 14.1. The maximum atomic E-state index is 13.3. The van der Waals surface area contributed by atoms with Crippen molar-refractivity contribution in [2.75, 3.05) is 32.9 Å². The van der Waals surface area contributed by atoms with Crippen LogP contribution in [0.2, 0.25) is 0 Å². The molecule has 1 aliphatic heterocycles. The number of carbonyl (C=O) groups is 5. The van der Waals surface area contributed by atoms with Gasteiger partial charge in [0.15, 0.2) is 12.4 Å². The van der Waals surface area contributed by atoms with Gasteiger partial charge in [-0.25, -0.2) is 9.59 Å². The van der Waals surface area contributed by atoms with Gasteiger partial charge >= 0.3 is 12.1 Å². The molecule has 1 aliphatic rings. The summed E-state index contributed by atoms with van der Waals surface area (Å²) in [6.45, 7) is 5.03. The van der Waals surface area contributed by atoms with Crippen molar-refractivity contribution in [1.29, 1.82) is 0 Å². The second kappa shape index (κ2) is 16.9. The van der Waals surface area contributed by atoms with Gasteiger partial charge in [-0.1, -0.05) is 68.4 Å². The Hall–Kier alpha value is -5.23. The van der Waals surface area contributed by atoms with Gasteiger partial charge in [-0.3, -0.25) is 14.4 Å². The Morgan fingerprint density at radius 3 is 2.17 bits per heavy atom. The number of para-hydroxylation sites is 1. The molecule has 0 bridgehead atoms. The van der Waals surface area contributed by atoms with Crippen LogP contribution in [-0.4, -0.2) is 84.7 Å². The number of carbonyl (C=O) groups excluding carboxylic acids is 4. The molecule has 0 unspecified atom stereocenters. The number of nitrogens with zero attached hydrogens (tertiary/aromatic N) is 1. The van der Waals surface area contributed by atoms with Gasteiger partial charge in [-0.05, 0) is 42.2 Å². The summed E-state index contributed by atoms with van der Waals surface area (Å²) >= 11 is 0. The number of hydrogen-bond acceptors (Lipinski definition) is 8. The molecule has 0 radical (unpaired) electrons. The van der Waals surface area contributed by atoms with Crippen LogP contribution in [0.25, 0.3) is 0 Å². The zero-order valence-electron chi connectivity index (χ0n) is 26.3. The Morgan fingerprint density at radius 1 is 0.851 bits per heavy atom. The van der Waals surface area contributed by atoms with E-state index < -0.39 is 42.6 Å². The third-order valence-electron chi connectivity index (χ3n) is 7.34. The molecule has 1 saturated heterocycles. The summed E-state index contributed by atoms with van der Waals surface area (Å²) in [4.78, 5) is 65.2. The van der Waals surface area contributed by atoms with Crippen LogP contribution in [0.4, 0.5) is 4.79 Å². The first-order chi connectivity index (χ1) is 22.6. The van der Waals surface area contributed by atoms with Gasteiger partial charge < -0.3 is 34.9 Å². The van der Waals surface area contributed by atoms with Crippen molar-refractivity contribution in [2.45, 2.75) is 38.8 Å². The molecule has 3 amide bonds. The predicted molar refractivity (Wildman–Crippen MR) is 171 cm³/mol. The van der Waals surface area contributed by atoms with Gasteiger partial charge in [0.1, 0.15) is 23.6 Å². The molecule has 1 heterocycles. The van der Waals surface area contributed by atoms with Crippen molar-refractivity contribution in [3.8, 4) is 11.5 Å². The standard InChI is InChI=1S/C35H39N3O9/c1-23(2)20-28(36-31(39)22-46-30-11-7-6-10-27(30)32(40)25-8-4-3-5-9-25)33(41)37-29(34(42)43)21-24-12-14-26(15-13-24)47-35(44)38-16-18-45-19-17-38/h3-15,23,28-29H,16-22H2,1-2H3,(H,36,39)(H,37,41)(H,42,43)/t28-,29-/m0/s1. The molecule has 0 aliphatic carbocycles. The zero-order chi connectivity index (χ0) is 33.8. The maximum Gasteiger partial charge on any atom is 0.415 e. The monoisotopic (exact) mass is 645 g/mol. The number of ether oxygens (including phenoxy) is 3. The average Bonchev–Trinajstić information content (AvgIpc) is 3.07. The van der Waals surface area contributed by atoms with Crippen LogP contribution < -0.4 is 20.1 Å². The van der Waals surface area contributed by atoms with E-state index in [0.29, 0.717) is 43.2 Å². The molecule has 1 fully saturated rings. The number of rotatable bonds is 14. The lowest BCUT2D eigenvalue weighted by Crippen LogP contribution is -2.53. The zero-order valence-corrected chi connectivity index (χ0v) is 26.3. The predicted octanol–water partition coefficient (Wildman–Crippen LogP) is 3.47. The third-order valence-corrected chi connectivity index (χ3v) is 7.34. The number of carboxylic acids is 1. The Balaban J connectivity index is 1.34. The van der Waals surface area contributed by atoms with Gasteiger partial charge in [0.25, 0.3) is 5.91 Å². The molecular weight excluding hydrogens is 606 g/mol. The maximum absolute atomic E-state index is 13.3. The molecule has 12 heteroatoms. The molecule has 3 aromatic rings. The molecule has 2 atom stereocenters. The minimum atomic E-state index is -1.29. The van der Waals surface area contributed by atoms with E-state index in [2.05, 4.69) is 10.6 Å². The summed E-state index contributed by atoms with van der Waals surface area (Å²) < 4.78 is 16.3. The first-order valence-electron chi connectivity index (χ1n) is 15.4. The summed E-state index contributed by atoms with van der Waals surface area (Å²) in [5, 5.41) is 15.1. The molecule has 248 valence electrons. The summed E-state index contributed by atoms with van der Waals surface area (Å²) in [5.41, 5.74) is 1.35. The van der Waals surface area contributed by atoms with Crippen LogP contribution in [0.1, 0.15) is 41.8 Å². The summed E-state index contributed by atoms with van der Waals surface area (Å²) in [6.07, 6.45) is -0.294. The number of benzene rings is 3. The van der Waals surface area contributed by atoms with E-state index in [0.717, 1.165) is 0 Å². The molecule has 0 spiro atoms. The van der Waals surface area contributed by atoms with Crippen molar-refractivity contribution >= 4 is 29.7 Å². The van der Waals surface area contributed by atoms with Crippen LogP contribution in [0.5, 0.6) is 11.5 Å². The average molecular weight is 646 g/mol. The highest BCUT2D eigenvalue weighted by Gasteiger charge is 2.28. The summed E-state index contributed by atoms with van der Waals surface area (Å²) in [7, 11) is 0. The quantitative estimate of drug-likeness (QED) is 0.223. The molecular formula is C35H39N3O9. The number of nitrogens with one attached hydrogen (secondary N) is 2. The van der Waals surface area contributed by atoms with Gasteiger partial charge in [0.2, 0.25) is 5.91 Å². The van der Waals surface area contributed by atoms with Crippen LogP contribution in [-0.2, 0) is 25.5 Å². The van der Waals surface area contributed by atoms with Crippen LogP contribution in [0.15, 0.2) is 78.9 Å². The number of aliphatic carboxylic acids is 1. The molecule has 0 saturated carbocycles. The number of amides is 3. The minimum absolute atomic E-state index is 0.00724. The highest BCUT2D eigenvalue weighted by molar-refractivity contribution is 6.10. The number of hydrogen-bond donors (Lipinski definition) is 3. The summed E-state index contributed by atoms with van der Waals surface area (Å²) in [5.74, 6) is -2.27. The Kier molecular flexibility index (Phi) is 12.5. The molecule has 47 heavy (non-hydrogen) atoms. The van der Waals surface area contributed by atoms with Crippen LogP contribution >= 0.6 is 0 Å². The smallest absolute Gasteiger partial charge is 0.415 e. The largest absolute Gasteiger partial charge is 0.483 e. The first-order valence-corrected chi connectivity index (χ1v) is 15.4. The van der Waals surface area contributed by atoms with Crippen molar-refractivity contribution in [3.05, 3.63) is 95.6 Å². The van der Waals surface area contributed by atoms with Crippen molar-refractivity contribution in [2.24, 2.45) is 5.92 Å². The minimum Gasteiger partial charge on any atom is -0.483 e. The van der Waals surface area contributed by atoms with Gasteiger partial charge in [-0.2, -0.15) is 0 Å². The van der Waals surface area contributed by atoms with E-state index >= 15 is 0 Å². The van der Waals surface area contributed by atoms with Crippen LogP contribution in [0, 0.1) is 5.92 Å². The molecule has 12 nitrogen and oxygen atoms in total. The fraction of sp³-hybridized carbons (Fsp3) is 0.343. The first kappa shape index (κ1) is 34.6. The topological polar surface area (TPSA) is 161 Å². The van der Waals surface area contributed by atoms with Gasteiger partial charge in [0.05, 0.1) is 18.8 Å². The van der Waals surface area contributed by atoms with Gasteiger partial charge in [0, 0.05) is 25.1 Å². The number of ketones is 1. The second-order valence-electron chi connectivity index (χ2n) is 11.4. The molecule has 4 rings (SSSR count). The highest BCUT2D eigenvalue weighted by atomic mass is 16.6. The SMILES string of the molecule is CC(C)C[C@H](NC(=O)COc1ccccc1C(=O)c1ccccc1)C(=O)N[C@@H](Cc1ccc(OC(=O)N2CCOCC2)cc1)C(=O)O. The van der Waals surface area contributed by atoms with E-state index in [1.165, 1.54) is 4.90 Å². The fourth-order valence-corrected chi connectivity index (χ4v) is 4.92. The van der Waals surface area contributed by atoms with Crippen molar-refractivity contribution in [3.63, 3.8) is 0 Å². The van der Waals surface area contributed by atoms with E-state index in [4.69, 9.17) is 14.2 Å². The van der Waals surface area contributed by atoms with E-state index in [-0.39, 0.29) is 35.9 Å². The van der Waals surface area contributed by atoms with Crippen molar-refractivity contribution < 1.29 is 43.3 Å². The van der Waals surface area contributed by atoms with Crippen molar-refractivity contribution in [1.82, 2.24) is 15.5 Å². The van der Waals surface area contributed by atoms with E-state index in [1.54, 1.807) is 78.9 Å². The molecule has 3 N–H and O–H groups in total.